The highest BCUT2D eigenvalue weighted by atomic mass is 16.5. The van der Waals surface area contributed by atoms with Crippen LogP contribution in [0.1, 0.15) is 72.1 Å². The molecule has 0 saturated carbocycles. The number of nitrogens with one attached hydrogen (secondary N) is 7. The molecule has 2 aromatic rings. The van der Waals surface area contributed by atoms with Crippen molar-refractivity contribution < 1.29 is 64.0 Å². The van der Waals surface area contributed by atoms with Crippen LogP contribution in [0.2, 0.25) is 0 Å². The third-order valence-corrected chi connectivity index (χ3v) is 9.03. The van der Waals surface area contributed by atoms with E-state index in [9.17, 15) is 64.0 Å². The summed E-state index contributed by atoms with van der Waals surface area (Å²) in [6.07, 6.45) is 0.299. The van der Waals surface area contributed by atoms with Gasteiger partial charge < -0.3 is 69.1 Å². The number of rotatable bonds is 21. The number of aromatic hydroxyl groups is 4. The van der Waals surface area contributed by atoms with E-state index in [4.69, 9.17) is 11.5 Å². The number of phenols is 4. The van der Waals surface area contributed by atoms with Crippen molar-refractivity contribution in [3.8, 4) is 23.0 Å². The molecule has 1 fully saturated rings. The van der Waals surface area contributed by atoms with Gasteiger partial charge in [0.25, 0.3) is 17.7 Å². The van der Waals surface area contributed by atoms with E-state index in [0.717, 1.165) is 6.07 Å². The molecular weight excluding hydrogens is 780 g/mol. The Balaban J connectivity index is 1.84. The van der Waals surface area contributed by atoms with Gasteiger partial charge in [-0.05, 0) is 75.6 Å². The zero-order valence-electron chi connectivity index (χ0n) is 31.9. The molecular formula is C36H50N10O13. The van der Waals surface area contributed by atoms with Crippen molar-refractivity contribution in [3.05, 3.63) is 47.5 Å². The smallest absolute Gasteiger partial charge is 0.312 e. The standard InChI is InChI=1S/C36H50N10O13/c37-35(57)40-16-4-10-22(32(54)44-23(11-5-17-41-36(38)58)33(55)45-24-12-6-18-46(59)34(24)56)43-31(53)21(42-30(52)20-8-2-14-26(48)28(20)50)9-3-15-39-29(51)19-7-1-13-25(47)27(19)49/h1-2,7-8,13-14,21-24,47-50,59H,3-6,9-12,15-18H2,(H,39,51)(H,42,52)(H,43,53)(H,44,54)(H,45,55)(H3,37,40,57)(H3,38,41,58)/t21-,22+,23-,24+/m1/s1. The number of phenolic OH excluding ortho intramolecular Hbond substituents is 4. The van der Waals surface area contributed by atoms with Crippen molar-refractivity contribution in [2.24, 2.45) is 11.5 Å². The van der Waals surface area contributed by atoms with Gasteiger partial charge >= 0.3 is 12.1 Å². The fourth-order valence-electron chi connectivity index (χ4n) is 5.92. The molecule has 10 amide bonds. The van der Waals surface area contributed by atoms with Crippen molar-refractivity contribution in [2.45, 2.75) is 75.5 Å². The minimum atomic E-state index is -1.47. The lowest BCUT2D eigenvalue weighted by Crippen LogP contribution is -2.59. The van der Waals surface area contributed by atoms with Crippen molar-refractivity contribution in [1.29, 1.82) is 0 Å². The number of carbonyl (C=O) groups excluding carboxylic acids is 8. The zero-order chi connectivity index (χ0) is 43.6. The van der Waals surface area contributed by atoms with Crippen LogP contribution in [-0.4, -0.2) is 129 Å². The van der Waals surface area contributed by atoms with Crippen LogP contribution in [0.15, 0.2) is 36.4 Å². The molecule has 1 heterocycles. The molecule has 1 saturated heterocycles. The summed E-state index contributed by atoms with van der Waals surface area (Å²) in [5.74, 6) is -7.78. The molecule has 0 radical (unpaired) electrons. The van der Waals surface area contributed by atoms with Crippen LogP contribution in [-0.2, 0) is 19.2 Å². The highest BCUT2D eigenvalue weighted by Gasteiger charge is 2.34. The first kappa shape index (κ1) is 46.3. The van der Waals surface area contributed by atoms with Gasteiger partial charge in [0.15, 0.2) is 23.0 Å². The van der Waals surface area contributed by atoms with Crippen LogP contribution in [0.5, 0.6) is 23.0 Å². The lowest BCUT2D eigenvalue weighted by atomic mass is 10.0. The number of nitrogens with zero attached hydrogens (tertiary/aromatic N) is 1. The number of piperidine rings is 1. The topological polar surface area (TPSA) is 377 Å². The number of urea groups is 2. The average Bonchev–Trinajstić information content (AvgIpc) is 3.18. The first-order valence-corrected chi connectivity index (χ1v) is 18.6. The predicted molar refractivity (Wildman–Crippen MR) is 205 cm³/mol. The Kier molecular flexibility index (Phi) is 17.8. The van der Waals surface area contributed by atoms with Gasteiger partial charge in [-0.3, -0.25) is 34.0 Å². The van der Waals surface area contributed by atoms with E-state index in [0.29, 0.717) is 11.5 Å². The summed E-state index contributed by atoms with van der Waals surface area (Å²) in [4.78, 5) is 102. The Morgan fingerprint density at radius 1 is 0.644 bits per heavy atom. The Morgan fingerprint density at radius 3 is 1.58 bits per heavy atom. The molecule has 322 valence electrons. The monoisotopic (exact) mass is 830 g/mol. The van der Waals surface area contributed by atoms with Crippen molar-refractivity contribution in [2.75, 3.05) is 26.2 Å². The lowest BCUT2D eigenvalue weighted by molar-refractivity contribution is -0.173. The summed E-state index contributed by atoms with van der Waals surface area (Å²) in [7, 11) is 0. The van der Waals surface area contributed by atoms with Gasteiger partial charge in [0.2, 0.25) is 17.7 Å². The summed E-state index contributed by atoms with van der Waals surface area (Å²) in [6, 6.07) is 0.279. The maximum atomic E-state index is 13.9. The van der Waals surface area contributed by atoms with E-state index in [1.54, 1.807) is 0 Å². The van der Waals surface area contributed by atoms with Gasteiger partial charge in [0, 0.05) is 26.2 Å². The van der Waals surface area contributed by atoms with Gasteiger partial charge in [-0.15, -0.1) is 0 Å². The number of benzene rings is 2. The van der Waals surface area contributed by atoms with Gasteiger partial charge in [-0.1, -0.05) is 12.1 Å². The summed E-state index contributed by atoms with van der Waals surface area (Å²) in [6.45, 7) is -0.0891. The number of hydrogen-bond acceptors (Lipinski definition) is 13. The Labute approximate surface area is 337 Å². The lowest BCUT2D eigenvalue weighted by Gasteiger charge is -2.30. The normalized spacial score (nSPS) is 15.1. The van der Waals surface area contributed by atoms with Crippen molar-refractivity contribution in [1.82, 2.24) is 42.3 Å². The number of primary amides is 2. The second-order valence-electron chi connectivity index (χ2n) is 13.4. The van der Waals surface area contributed by atoms with Crippen LogP contribution < -0.4 is 48.7 Å². The van der Waals surface area contributed by atoms with Crippen LogP contribution in [0.3, 0.4) is 0 Å². The van der Waals surface area contributed by atoms with Crippen LogP contribution in [0.4, 0.5) is 9.59 Å². The van der Waals surface area contributed by atoms with Crippen LogP contribution in [0, 0.1) is 0 Å². The van der Waals surface area contributed by atoms with E-state index < -0.39 is 100 Å². The predicted octanol–water partition coefficient (Wildman–Crippen LogP) is -1.82. The molecule has 4 atom stereocenters. The number of hydrogen-bond donors (Lipinski definition) is 14. The first-order chi connectivity index (χ1) is 28.0. The molecule has 2 aromatic carbocycles. The molecule has 0 aliphatic carbocycles. The fraction of sp³-hybridized carbons (Fsp3) is 0.444. The van der Waals surface area contributed by atoms with E-state index in [1.165, 1.54) is 30.3 Å². The number of carbonyl (C=O) groups is 8. The van der Waals surface area contributed by atoms with Crippen LogP contribution in [0.25, 0.3) is 0 Å². The largest absolute Gasteiger partial charge is 0.504 e. The quantitative estimate of drug-likeness (QED) is 0.0375. The highest BCUT2D eigenvalue weighted by molar-refractivity contribution is 6.01. The van der Waals surface area contributed by atoms with Crippen molar-refractivity contribution >= 4 is 47.5 Å². The Bertz CT molecular complexity index is 1860. The molecule has 3 rings (SSSR count). The molecule has 23 nitrogen and oxygen atoms in total. The molecule has 1 aliphatic heterocycles. The van der Waals surface area contributed by atoms with E-state index in [-0.39, 0.29) is 76.7 Å². The summed E-state index contributed by atoms with van der Waals surface area (Å²) >= 11 is 0. The molecule has 0 aromatic heterocycles. The third-order valence-electron chi connectivity index (χ3n) is 9.03. The molecule has 0 bridgehead atoms. The average molecular weight is 831 g/mol. The minimum absolute atomic E-state index is 0.00183. The van der Waals surface area contributed by atoms with Gasteiger partial charge in [0.05, 0.1) is 11.1 Å². The Hall–Kier alpha value is -7.04. The third kappa shape index (κ3) is 14.4. The molecule has 0 unspecified atom stereocenters. The number of hydroxylamine groups is 2. The SMILES string of the molecule is NC(=O)NCCC[C@H](NC(=O)[C@@H](CCCNC(=O)c1cccc(O)c1O)NC(=O)c1cccc(O)c1O)C(=O)N[C@H](CCCNC(N)=O)C(=O)N[C@H]1CCCN(O)C1=O. The maximum Gasteiger partial charge on any atom is 0.312 e. The number of amides is 10. The maximum absolute atomic E-state index is 13.9. The van der Waals surface area contributed by atoms with Crippen molar-refractivity contribution in [3.63, 3.8) is 0 Å². The summed E-state index contributed by atoms with van der Waals surface area (Å²) in [5, 5.41) is 67.6. The van der Waals surface area contributed by atoms with Gasteiger partial charge in [0.1, 0.15) is 24.2 Å². The summed E-state index contributed by atoms with van der Waals surface area (Å²) in [5.41, 5.74) is 9.65. The van der Waals surface area contributed by atoms with E-state index in [1.807, 2.05) is 0 Å². The summed E-state index contributed by atoms with van der Waals surface area (Å²) < 4.78 is 0. The van der Waals surface area contributed by atoms with Gasteiger partial charge in [-0.2, -0.15) is 0 Å². The van der Waals surface area contributed by atoms with Crippen LogP contribution >= 0.6 is 0 Å². The second kappa shape index (κ2) is 22.6. The fourth-order valence-corrected chi connectivity index (χ4v) is 5.92. The number of para-hydroxylation sites is 2. The second-order valence-corrected chi connectivity index (χ2v) is 13.4. The van der Waals surface area contributed by atoms with E-state index >= 15 is 0 Å². The molecule has 59 heavy (non-hydrogen) atoms. The Morgan fingerprint density at radius 2 is 1.08 bits per heavy atom. The molecule has 1 aliphatic rings. The van der Waals surface area contributed by atoms with Gasteiger partial charge in [-0.25, -0.2) is 14.7 Å². The van der Waals surface area contributed by atoms with E-state index in [2.05, 4.69) is 37.2 Å². The minimum Gasteiger partial charge on any atom is -0.504 e. The number of nitrogens with two attached hydrogens (primary N) is 2. The molecule has 16 N–H and O–H groups in total. The molecule has 0 spiro atoms. The molecule has 23 heteroatoms. The zero-order valence-corrected chi connectivity index (χ0v) is 31.9. The first-order valence-electron chi connectivity index (χ1n) is 18.6. The highest BCUT2D eigenvalue weighted by Crippen LogP contribution is 2.29.